The fourth-order valence-corrected chi connectivity index (χ4v) is 11.2. The fourth-order valence-electron chi connectivity index (χ4n) is 11.2. The van der Waals surface area contributed by atoms with Crippen LogP contribution in [0.5, 0.6) is 0 Å². The Balaban J connectivity index is 1.27. The predicted octanol–water partition coefficient (Wildman–Crippen LogP) is 18.5. The minimum Gasteiger partial charge on any atom is -0.314 e. The number of hydrogen-bond acceptors (Lipinski definition) is 1. The first-order chi connectivity index (χ1) is 29.3. The lowest BCUT2D eigenvalue weighted by Gasteiger charge is -2.35. The third-order valence-electron chi connectivity index (χ3n) is 15.9. The van der Waals surface area contributed by atoms with Gasteiger partial charge in [-0.1, -0.05) is 185 Å². The average Bonchev–Trinajstić information content (AvgIpc) is 3.57. The summed E-state index contributed by atoms with van der Waals surface area (Å²) >= 11 is 0. The van der Waals surface area contributed by atoms with Crippen LogP contribution < -0.4 is 4.90 Å². The maximum atomic E-state index is 2.69. The van der Waals surface area contributed by atoms with Crippen LogP contribution in [0.3, 0.4) is 0 Å². The van der Waals surface area contributed by atoms with Crippen molar-refractivity contribution in [2.24, 2.45) is 5.92 Å². The largest absolute Gasteiger partial charge is 0.314 e. The van der Waals surface area contributed by atoms with Crippen LogP contribution >= 0.6 is 0 Å². The lowest BCUT2D eigenvalue weighted by atomic mass is 9.68. The zero-order chi connectivity index (χ0) is 42.1. The van der Waals surface area contributed by atoms with E-state index < -0.39 is 0 Å². The minimum atomic E-state index is 0.0657. The first-order valence-electron chi connectivity index (χ1n) is 25.0. The summed E-state index contributed by atoms with van der Waals surface area (Å²) < 4.78 is 0. The summed E-state index contributed by atoms with van der Waals surface area (Å²) in [6.07, 6.45) is 30.4. The van der Waals surface area contributed by atoms with Gasteiger partial charge in [0, 0.05) is 22.5 Å². The molecule has 320 valence electrons. The van der Waals surface area contributed by atoms with Gasteiger partial charge in [-0.15, -0.1) is 0 Å². The van der Waals surface area contributed by atoms with Crippen molar-refractivity contribution in [1.82, 2.24) is 0 Å². The van der Waals surface area contributed by atoms with Crippen molar-refractivity contribution in [3.63, 3.8) is 0 Å². The van der Waals surface area contributed by atoms with Crippen molar-refractivity contribution in [2.75, 3.05) is 4.90 Å². The zero-order valence-corrected chi connectivity index (χ0v) is 39.0. The van der Waals surface area contributed by atoms with E-state index in [1.807, 2.05) is 0 Å². The number of nitrogens with zero attached hydrogens (tertiary/aromatic N) is 1. The van der Waals surface area contributed by atoms with Crippen molar-refractivity contribution in [3.8, 4) is 22.3 Å². The summed E-state index contributed by atoms with van der Waals surface area (Å²) in [6.45, 7) is 16.6. The molecule has 0 N–H and O–H groups in total. The third-order valence-corrected chi connectivity index (χ3v) is 15.9. The molecular formula is C59H79N. The highest BCUT2D eigenvalue weighted by Crippen LogP contribution is 2.56. The normalized spacial score (nSPS) is 16.9. The summed E-state index contributed by atoms with van der Waals surface area (Å²) in [7, 11) is 0. The Morgan fingerprint density at radius 1 is 0.617 bits per heavy atom. The van der Waals surface area contributed by atoms with E-state index in [9.17, 15) is 0 Å². The molecule has 1 atom stereocenters. The second kappa shape index (κ2) is 20.4. The van der Waals surface area contributed by atoms with Gasteiger partial charge in [0.1, 0.15) is 0 Å². The van der Waals surface area contributed by atoms with E-state index in [0.717, 1.165) is 18.8 Å². The molecule has 1 unspecified atom stereocenters. The highest BCUT2D eigenvalue weighted by Gasteiger charge is 2.43. The average molecular weight is 802 g/mol. The molecule has 0 bridgehead atoms. The first kappa shape index (κ1) is 44.2. The summed E-state index contributed by atoms with van der Waals surface area (Å²) in [5, 5.41) is 0. The number of fused-ring (bicyclic) bond motifs is 3. The molecule has 0 heterocycles. The summed E-state index contributed by atoms with van der Waals surface area (Å²) in [5.74, 6) is 1.36. The van der Waals surface area contributed by atoms with Gasteiger partial charge < -0.3 is 4.90 Å². The molecule has 0 aliphatic heterocycles. The molecule has 3 aliphatic rings. The van der Waals surface area contributed by atoms with Crippen LogP contribution in [0.15, 0.2) is 108 Å². The Morgan fingerprint density at radius 2 is 1.20 bits per heavy atom. The number of unbranched alkanes of at least 4 members (excludes halogenated alkanes) is 6. The lowest BCUT2D eigenvalue weighted by Crippen LogP contribution is -2.27. The Morgan fingerprint density at radius 3 is 1.77 bits per heavy atom. The van der Waals surface area contributed by atoms with Gasteiger partial charge in [-0.05, 0) is 156 Å². The van der Waals surface area contributed by atoms with Crippen LogP contribution in [0.2, 0.25) is 0 Å². The predicted molar refractivity (Wildman–Crippen MR) is 263 cm³/mol. The van der Waals surface area contributed by atoms with E-state index in [0.29, 0.717) is 5.92 Å². The molecule has 7 rings (SSSR count). The Kier molecular flexibility index (Phi) is 15.0. The molecule has 1 saturated carbocycles. The molecule has 0 amide bonds. The molecule has 0 saturated heterocycles. The molecule has 0 radical (unpaired) electrons. The highest BCUT2D eigenvalue weighted by molar-refractivity contribution is 5.85. The van der Waals surface area contributed by atoms with Crippen LogP contribution in [0.4, 0.5) is 11.4 Å². The van der Waals surface area contributed by atoms with Crippen LogP contribution in [0, 0.1) is 5.92 Å². The number of allylic oxidation sites excluding steroid dienone is 4. The lowest BCUT2D eigenvalue weighted by molar-refractivity contribution is 0.397. The van der Waals surface area contributed by atoms with Gasteiger partial charge in [-0.2, -0.15) is 0 Å². The molecule has 1 fully saturated rings. The Hall–Kier alpha value is -3.84. The standard InChI is InChI=1S/C59H79N/c1-8-13-15-20-40-59(41-21-16-14-9-2)56-42-49(30-38-54(56)55-39-31-50(43-57(55)59)58(7,11-4)12-5)48-28-36-53(37-29-48)60(51-32-24-45(25-33-51)44(6)10-3)52-34-26-47(27-35-52)46-22-18-17-19-23-46/h24,26-32,34-39,42-44,46H,8-23,25,33,40-41H2,1-7H3. The van der Waals surface area contributed by atoms with Gasteiger partial charge in [-0.3, -0.25) is 0 Å². The van der Waals surface area contributed by atoms with E-state index in [1.165, 1.54) is 166 Å². The molecule has 1 heteroatoms. The second-order valence-corrected chi connectivity index (χ2v) is 19.5. The van der Waals surface area contributed by atoms with Gasteiger partial charge in [0.05, 0.1) is 0 Å². The van der Waals surface area contributed by atoms with Crippen LogP contribution in [0.25, 0.3) is 22.3 Å². The van der Waals surface area contributed by atoms with E-state index in [-0.39, 0.29) is 10.8 Å². The molecule has 0 aromatic heterocycles. The fraction of sp³-hybridized carbons (Fsp3) is 0.525. The molecule has 4 aromatic rings. The number of anilines is 2. The minimum absolute atomic E-state index is 0.0657. The molecular weight excluding hydrogens is 723 g/mol. The van der Waals surface area contributed by atoms with Gasteiger partial charge in [0.2, 0.25) is 0 Å². The van der Waals surface area contributed by atoms with Crippen molar-refractivity contribution in [3.05, 3.63) is 131 Å². The quantitative estimate of drug-likeness (QED) is 0.0805. The Bertz CT molecular complexity index is 2040. The third kappa shape index (κ3) is 9.32. The van der Waals surface area contributed by atoms with E-state index in [1.54, 1.807) is 16.7 Å². The number of rotatable bonds is 20. The maximum absolute atomic E-state index is 2.69. The maximum Gasteiger partial charge on any atom is 0.0458 e. The monoisotopic (exact) mass is 802 g/mol. The van der Waals surface area contributed by atoms with Crippen LogP contribution in [-0.2, 0) is 10.8 Å². The Labute approximate surface area is 367 Å². The van der Waals surface area contributed by atoms with Gasteiger partial charge in [0.15, 0.2) is 0 Å². The summed E-state index contributed by atoms with van der Waals surface area (Å²) in [6, 6.07) is 34.5. The van der Waals surface area contributed by atoms with E-state index >= 15 is 0 Å². The van der Waals surface area contributed by atoms with E-state index in [4.69, 9.17) is 0 Å². The van der Waals surface area contributed by atoms with E-state index in [2.05, 4.69) is 150 Å². The first-order valence-corrected chi connectivity index (χ1v) is 25.0. The van der Waals surface area contributed by atoms with Crippen LogP contribution in [0.1, 0.15) is 205 Å². The zero-order valence-electron chi connectivity index (χ0n) is 39.0. The smallest absolute Gasteiger partial charge is 0.0458 e. The summed E-state index contributed by atoms with van der Waals surface area (Å²) in [4.78, 5) is 2.55. The highest BCUT2D eigenvalue weighted by atomic mass is 15.1. The van der Waals surface area contributed by atoms with Gasteiger partial charge >= 0.3 is 0 Å². The SMILES string of the molecule is CCCCCCC1(CCCCCC)c2cc(-c3ccc(N(C4=CC=C(C(C)CC)CC4)c4ccc(C5CCCCC5)cc4)cc3)ccc2-c2ccc(C(C)(CC)CC)cc21. The molecule has 4 aromatic carbocycles. The van der Waals surface area contributed by atoms with Gasteiger partial charge in [-0.25, -0.2) is 0 Å². The van der Waals surface area contributed by atoms with Crippen molar-refractivity contribution in [2.45, 2.75) is 194 Å². The molecule has 0 spiro atoms. The topological polar surface area (TPSA) is 3.24 Å². The number of hydrogen-bond donors (Lipinski definition) is 0. The molecule has 1 nitrogen and oxygen atoms in total. The molecule has 3 aliphatic carbocycles. The second-order valence-electron chi connectivity index (χ2n) is 19.5. The summed E-state index contributed by atoms with van der Waals surface area (Å²) in [5.41, 5.74) is 17.7. The van der Waals surface area contributed by atoms with Gasteiger partial charge in [0.25, 0.3) is 0 Å². The number of benzene rings is 4. The van der Waals surface area contributed by atoms with Crippen molar-refractivity contribution < 1.29 is 0 Å². The van der Waals surface area contributed by atoms with Crippen molar-refractivity contribution in [1.29, 1.82) is 0 Å². The van der Waals surface area contributed by atoms with Crippen LogP contribution in [-0.4, -0.2) is 0 Å². The van der Waals surface area contributed by atoms with Crippen molar-refractivity contribution >= 4 is 11.4 Å². The molecule has 60 heavy (non-hydrogen) atoms.